The summed E-state index contributed by atoms with van der Waals surface area (Å²) in [4.78, 5) is 0. The quantitative estimate of drug-likeness (QED) is 0.167. The van der Waals surface area contributed by atoms with Crippen LogP contribution < -0.4 is 10.6 Å². The van der Waals surface area contributed by atoms with Crippen molar-refractivity contribution >= 4 is 89.0 Å². The molecule has 0 bridgehead atoms. The van der Waals surface area contributed by atoms with Crippen LogP contribution >= 0.6 is 0 Å². The highest BCUT2D eigenvalue weighted by molar-refractivity contribution is 6.24. The van der Waals surface area contributed by atoms with E-state index in [-0.39, 0.29) is 0 Å². The lowest BCUT2D eigenvalue weighted by atomic mass is 10.1. The van der Waals surface area contributed by atoms with Crippen LogP contribution in [-0.4, -0.2) is 18.3 Å². The largest absolute Gasteiger partial charge is 0.307 e. The van der Waals surface area contributed by atoms with Crippen molar-refractivity contribution in [2.24, 2.45) is 0 Å². The van der Waals surface area contributed by atoms with Crippen molar-refractivity contribution in [3.8, 4) is 22.7 Å². The number of rotatable bonds is 5. The molecule has 12 aromatic rings. The monoisotopic (exact) mass is 754 g/mol. The highest BCUT2D eigenvalue weighted by Gasteiger charge is 2.23. The van der Waals surface area contributed by atoms with Gasteiger partial charge in [-0.25, -0.2) is 0 Å². The molecule has 0 saturated carbocycles. The lowest BCUT2D eigenvalue weighted by molar-refractivity contribution is 1.07. The predicted octanol–water partition coefficient (Wildman–Crippen LogP) is 12.7. The van der Waals surface area contributed by atoms with Gasteiger partial charge in [-0.15, -0.1) is 0 Å². The van der Waals surface area contributed by atoms with Gasteiger partial charge in [0, 0.05) is 65.7 Å². The van der Waals surface area contributed by atoms with Crippen LogP contribution in [0.15, 0.2) is 194 Å². The van der Waals surface area contributed by atoms with E-state index in [0.29, 0.717) is 0 Å². The fourth-order valence-corrected chi connectivity index (χ4v) is 9.74. The highest BCUT2D eigenvalue weighted by Crippen LogP contribution is 2.42. The highest BCUT2D eigenvalue weighted by atomic mass is 15.1. The molecule has 0 fully saturated rings. The maximum atomic E-state index is 4.66. The van der Waals surface area contributed by atoms with E-state index in [1.54, 1.807) is 0 Å². The van der Waals surface area contributed by atoms with E-state index in [1.165, 1.54) is 59.9 Å². The topological polar surface area (TPSA) is 19.7 Å². The number of para-hydroxylation sites is 5. The third-order valence-corrected chi connectivity index (χ3v) is 12.2. The van der Waals surface area contributed by atoms with Crippen LogP contribution in [-0.2, 0) is 0 Å². The average Bonchev–Trinajstić information content (AvgIpc) is 4.01. The van der Waals surface area contributed by atoms with Crippen LogP contribution in [0.3, 0.4) is 0 Å². The van der Waals surface area contributed by atoms with Gasteiger partial charge in [0.2, 0.25) is 0 Å². The fraction of sp³-hybridized carbons (Fsp3) is 0.0182. The number of aromatic nitrogens is 4. The molecule has 4 heterocycles. The Bertz CT molecular complexity index is 3780. The maximum Gasteiger partial charge on any atom is 0.0788 e. The molecule has 0 saturated heterocycles. The van der Waals surface area contributed by atoms with Crippen molar-refractivity contribution in [2.75, 3.05) is 0 Å². The molecule has 278 valence electrons. The number of hydrogen-bond acceptors (Lipinski definition) is 0. The second-order valence-corrected chi connectivity index (χ2v) is 15.4. The summed E-state index contributed by atoms with van der Waals surface area (Å²) in [6.45, 7) is 6.72. The van der Waals surface area contributed by atoms with Gasteiger partial charge in [0.25, 0.3) is 0 Å². The molecule has 0 atom stereocenters. The van der Waals surface area contributed by atoms with E-state index in [4.69, 9.17) is 0 Å². The van der Waals surface area contributed by atoms with Crippen molar-refractivity contribution in [3.05, 3.63) is 205 Å². The van der Waals surface area contributed by atoms with Gasteiger partial charge in [-0.1, -0.05) is 134 Å². The Balaban J connectivity index is 1.16. The predicted molar refractivity (Wildman–Crippen MR) is 250 cm³/mol. The van der Waals surface area contributed by atoms with Gasteiger partial charge in [-0.2, -0.15) is 0 Å². The Kier molecular flexibility index (Phi) is 7.26. The minimum absolute atomic E-state index is 1.02. The zero-order chi connectivity index (χ0) is 39.2. The maximum absolute atomic E-state index is 4.66. The molecule has 59 heavy (non-hydrogen) atoms. The van der Waals surface area contributed by atoms with Crippen molar-refractivity contribution in [2.45, 2.75) is 6.92 Å². The Morgan fingerprint density at radius 2 is 0.678 bits per heavy atom. The first-order chi connectivity index (χ1) is 29.2. The van der Waals surface area contributed by atoms with E-state index in [9.17, 15) is 0 Å². The molecule has 0 unspecified atom stereocenters. The minimum Gasteiger partial charge on any atom is -0.307 e. The summed E-state index contributed by atoms with van der Waals surface area (Å²) >= 11 is 0. The molecule has 8 aromatic carbocycles. The van der Waals surface area contributed by atoms with Crippen LogP contribution in [0.2, 0.25) is 0 Å². The van der Waals surface area contributed by atoms with Crippen molar-refractivity contribution < 1.29 is 0 Å². The summed E-state index contributed by atoms with van der Waals surface area (Å²) in [6.07, 6.45) is 6.36. The molecule has 12 rings (SSSR count). The molecule has 0 aliphatic rings. The number of nitrogens with zero attached hydrogens (tertiary/aromatic N) is 4. The molecule has 0 spiro atoms. The third kappa shape index (κ3) is 4.71. The normalized spacial score (nSPS) is 12.6. The summed E-state index contributed by atoms with van der Waals surface area (Å²) in [5.74, 6) is 0. The first-order valence-electron chi connectivity index (χ1n) is 20.3. The Morgan fingerprint density at radius 1 is 0.339 bits per heavy atom. The Hall–Kier alpha value is -7.82. The van der Waals surface area contributed by atoms with E-state index in [0.717, 1.165) is 49.7 Å². The van der Waals surface area contributed by atoms with Crippen LogP contribution in [0.1, 0.15) is 6.92 Å². The summed E-state index contributed by atoms with van der Waals surface area (Å²) < 4.78 is 9.75. The average molecular weight is 755 g/mol. The van der Waals surface area contributed by atoms with Gasteiger partial charge in [-0.3, -0.25) is 0 Å². The number of allylic oxidation sites excluding steroid dienone is 2. The summed E-state index contributed by atoms with van der Waals surface area (Å²) in [7, 11) is 0. The molecule has 4 heteroatoms. The summed E-state index contributed by atoms with van der Waals surface area (Å²) in [5, 5.41) is 10.6. The second-order valence-electron chi connectivity index (χ2n) is 15.4. The van der Waals surface area contributed by atoms with Gasteiger partial charge in [0.15, 0.2) is 0 Å². The van der Waals surface area contributed by atoms with Gasteiger partial charge >= 0.3 is 0 Å². The van der Waals surface area contributed by atoms with Gasteiger partial charge in [-0.05, 0) is 79.7 Å². The second kappa shape index (κ2) is 12.9. The summed E-state index contributed by atoms with van der Waals surface area (Å²) in [5.41, 5.74) is 12.7. The Morgan fingerprint density at radius 3 is 1.10 bits per heavy atom. The lowest BCUT2D eigenvalue weighted by Crippen LogP contribution is -2.26. The summed E-state index contributed by atoms with van der Waals surface area (Å²) in [6, 6.07) is 66.2. The first-order valence-corrected chi connectivity index (χ1v) is 20.3. The molecule has 0 aliphatic carbocycles. The molecule has 0 N–H and O–H groups in total. The zero-order valence-electron chi connectivity index (χ0n) is 32.5. The van der Waals surface area contributed by atoms with Gasteiger partial charge in [0.1, 0.15) is 0 Å². The smallest absolute Gasteiger partial charge is 0.0788 e. The minimum atomic E-state index is 1.02. The Labute approximate surface area is 340 Å². The molecule has 4 aromatic heterocycles. The van der Waals surface area contributed by atoms with E-state index in [2.05, 4.69) is 232 Å². The fourth-order valence-electron chi connectivity index (χ4n) is 9.74. The molecule has 0 aliphatic heterocycles. The number of fused-ring (bicyclic) bond motifs is 12. The SMILES string of the molecule is C=c1/c(=C\C=C/C)n(-c2ccccc2)c2c1ccc1c3ccccc3n(-c3ccc(-n4c5ccccc5c5ccc6c7ccccc7n(-c7ccccc7)c6c54)cc3)c12. The van der Waals surface area contributed by atoms with Crippen LogP contribution in [0.5, 0.6) is 0 Å². The molecule has 0 amide bonds. The number of benzene rings is 8. The molecule has 0 radical (unpaired) electrons. The van der Waals surface area contributed by atoms with Crippen molar-refractivity contribution in [1.82, 2.24) is 18.3 Å². The molecular weight excluding hydrogens is 717 g/mol. The van der Waals surface area contributed by atoms with Crippen LogP contribution in [0, 0.1) is 0 Å². The third-order valence-electron chi connectivity index (χ3n) is 12.2. The molecular formula is C55H38N4. The number of hydrogen-bond donors (Lipinski definition) is 0. The molecule has 4 nitrogen and oxygen atoms in total. The van der Waals surface area contributed by atoms with Crippen LogP contribution in [0.25, 0.3) is 112 Å². The van der Waals surface area contributed by atoms with E-state index in [1.807, 2.05) is 0 Å². The van der Waals surface area contributed by atoms with Crippen molar-refractivity contribution in [3.63, 3.8) is 0 Å². The zero-order valence-corrected chi connectivity index (χ0v) is 32.5. The standard InChI is InChI=1S/C55H38N4/c1-3-4-24-48-36(2)41-32-33-45-42-21-12-15-26-50(42)58(53(45)52(41)56(48)37-17-7-5-8-18-37)39-28-30-40(31-29-39)59-51-27-16-13-23-44(51)47-35-34-46-43-22-11-14-25-49(43)57(54(46)55(47)59)38-19-9-6-10-20-38/h3-35H,2H2,1H3/b4-3-,48-24+. The lowest BCUT2D eigenvalue weighted by Gasteiger charge is -2.15. The van der Waals surface area contributed by atoms with Gasteiger partial charge < -0.3 is 18.3 Å². The van der Waals surface area contributed by atoms with Gasteiger partial charge in [0.05, 0.1) is 44.0 Å². The van der Waals surface area contributed by atoms with E-state index < -0.39 is 0 Å². The van der Waals surface area contributed by atoms with E-state index >= 15 is 0 Å². The van der Waals surface area contributed by atoms with Crippen molar-refractivity contribution in [1.29, 1.82) is 0 Å². The van der Waals surface area contributed by atoms with Crippen LogP contribution in [0.4, 0.5) is 0 Å². The first kappa shape index (κ1) is 33.3.